The van der Waals surface area contributed by atoms with Gasteiger partial charge in [-0.15, -0.1) is 0 Å². The number of benzene rings is 3. The van der Waals surface area contributed by atoms with Crippen LogP contribution in [0.2, 0.25) is 0 Å². The highest BCUT2D eigenvalue weighted by Crippen LogP contribution is 2.31. The SMILES string of the molecule is CCc1ccc(OCCCn2c(C3CC(=O)N(CCc4ccccc4)C3)nc3ccccc32)cc1. The van der Waals surface area contributed by atoms with E-state index in [1.807, 2.05) is 29.2 Å². The van der Waals surface area contributed by atoms with E-state index in [0.29, 0.717) is 13.0 Å². The molecule has 3 aromatic carbocycles. The average Bonchev–Trinajstić information content (AvgIpc) is 3.46. The fourth-order valence-corrected chi connectivity index (χ4v) is 4.94. The molecule has 0 radical (unpaired) electrons. The van der Waals surface area contributed by atoms with Crippen molar-refractivity contribution in [3.8, 4) is 5.75 Å². The first-order chi connectivity index (χ1) is 17.2. The van der Waals surface area contributed by atoms with Gasteiger partial charge in [0.25, 0.3) is 0 Å². The molecule has 1 fully saturated rings. The normalized spacial score (nSPS) is 15.7. The number of amides is 1. The Bertz CT molecular complexity index is 1260. The Morgan fingerprint density at radius 3 is 2.49 bits per heavy atom. The molecule has 2 heterocycles. The third-order valence-electron chi connectivity index (χ3n) is 6.90. The number of hydrogen-bond acceptors (Lipinski definition) is 3. The summed E-state index contributed by atoms with van der Waals surface area (Å²) in [5.41, 5.74) is 4.70. The molecule has 1 saturated heterocycles. The van der Waals surface area contributed by atoms with Crippen LogP contribution < -0.4 is 4.74 Å². The van der Waals surface area contributed by atoms with Crippen LogP contribution in [0.1, 0.15) is 42.6 Å². The molecule has 180 valence electrons. The first-order valence-corrected chi connectivity index (χ1v) is 12.7. The van der Waals surface area contributed by atoms with Crippen molar-refractivity contribution < 1.29 is 9.53 Å². The van der Waals surface area contributed by atoms with Gasteiger partial charge in [-0.1, -0.05) is 61.5 Å². The molecule has 0 spiro atoms. The van der Waals surface area contributed by atoms with Crippen molar-refractivity contribution in [2.45, 2.75) is 45.1 Å². The van der Waals surface area contributed by atoms with Crippen LogP contribution in [0.15, 0.2) is 78.9 Å². The van der Waals surface area contributed by atoms with Crippen molar-refractivity contribution in [2.75, 3.05) is 19.7 Å². The van der Waals surface area contributed by atoms with Crippen molar-refractivity contribution in [3.63, 3.8) is 0 Å². The van der Waals surface area contributed by atoms with Crippen LogP contribution in [0.5, 0.6) is 5.75 Å². The largest absolute Gasteiger partial charge is 0.494 e. The van der Waals surface area contributed by atoms with Crippen LogP contribution in [0.25, 0.3) is 11.0 Å². The summed E-state index contributed by atoms with van der Waals surface area (Å²) < 4.78 is 8.30. The monoisotopic (exact) mass is 467 g/mol. The third kappa shape index (κ3) is 5.40. The summed E-state index contributed by atoms with van der Waals surface area (Å²) in [7, 11) is 0. The lowest BCUT2D eigenvalue weighted by molar-refractivity contribution is -0.127. The number of aromatic nitrogens is 2. The van der Waals surface area contributed by atoms with Crippen molar-refractivity contribution >= 4 is 16.9 Å². The molecular weight excluding hydrogens is 434 g/mol. The minimum Gasteiger partial charge on any atom is -0.494 e. The molecule has 1 aliphatic heterocycles. The van der Waals surface area contributed by atoms with Crippen LogP contribution in [0, 0.1) is 0 Å². The topological polar surface area (TPSA) is 47.4 Å². The van der Waals surface area contributed by atoms with Crippen LogP contribution in [0.3, 0.4) is 0 Å². The smallest absolute Gasteiger partial charge is 0.223 e. The van der Waals surface area contributed by atoms with Gasteiger partial charge in [0.2, 0.25) is 5.91 Å². The predicted molar refractivity (Wildman–Crippen MR) is 140 cm³/mol. The Hall–Kier alpha value is -3.60. The first kappa shape index (κ1) is 23.2. The van der Waals surface area contributed by atoms with Crippen LogP contribution >= 0.6 is 0 Å². The number of likely N-dealkylation sites (tertiary alicyclic amines) is 1. The Labute approximate surface area is 207 Å². The second kappa shape index (κ2) is 10.8. The molecule has 1 aromatic heterocycles. The fraction of sp³-hybridized carbons (Fsp3) is 0.333. The Kier molecular flexibility index (Phi) is 7.12. The van der Waals surface area contributed by atoms with Gasteiger partial charge in [0.1, 0.15) is 11.6 Å². The Balaban J connectivity index is 1.25. The number of fused-ring (bicyclic) bond motifs is 1. The van der Waals surface area contributed by atoms with Gasteiger partial charge in [-0.2, -0.15) is 0 Å². The molecule has 35 heavy (non-hydrogen) atoms. The lowest BCUT2D eigenvalue weighted by Crippen LogP contribution is -2.27. The van der Waals surface area contributed by atoms with Crippen molar-refractivity contribution in [2.24, 2.45) is 0 Å². The molecule has 5 heteroatoms. The number of ether oxygens (including phenoxy) is 1. The minimum atomic E-state index is 0.119. The molecule has 1 unspecified atom stereocenters. The van der Waals surface area contributed by atoms with Gasteiger partial charge in [0, 0.05) is 32.0 Å². The molecule has 5 nitrogen and oxygen atoms in total. The van der Waals surface area contributed by atoms with E-state index in [1.54, 1.807) is 0 Å². The molecule has 1 aliphatic rings. The van der Waals surface area contributed by atoms with Gasteiger partial charge < -0.3 is 14.2 Å². The highest BCUT2D eigenvalue weighted by atomic mass is 16.5. The van der Waals surface area contributed by atoms with Crippen molar-refractivity contribution in [1.82, 2.24) is 14.5 Å². The van der Waals surface area contributed by atoms with Gasteiger partial charge in [-0.3, -0.25) is 4.79 Å². The number of carbonyl (C=O) groups excluding carboxylic acids is 1. The summed E-state index contributed by atoms with van der Waals surface area (Å²) in [6.45, 7) is 5.10. The van der Waals surface area contributed by atoms with E-state index in [0.717, 1.165) is 61.5 Å². The van der Waals surface area contributed by atoms with E-state index in [2.05, 4.69) is 66.1 Å². The Morgan fingerprint density at radius 2 is 1.69 bits per heavy atom. The van der Waals surface area contributed by atoms with Crippen molar-refractivity contribution in [1.29, 1.82) is 0 Å². The molecule has 0 aliphatic carbocycles. The molecule has 1 amide bonds. The quantitative estimate of drug-likeness (QED) is 0.284. The molecule has 1 atom stereocenters. The minimum absolute atomic E-state index is 0.119. The number of imidazole rings is 1. The zero-order chi connectivity index (χ0) is 24.0. The van der Waals surface area contributed by atoms with E-state index in [9.17, 15) is 4.79 Å². The van der Waals surface area contributed by atoms with Gasteiger partial charge in [-0.25, -0.2) is 4.98 Å². The standard InChI is InChI=1S/C30H33N3O2/c1-2-23-13-15-26(16-14-23)35-20-8-18-33-28-12-7-6-11-27(28)31-30(33)25-21-29(34)32(22-25)19-17-24-9-4-3-5-10-24/h3-7,9-16,25H,2,8,17-22H2,1H3. The van der Waals surface area contributed by atoms with Crippen LogP contribution in [-0.2, 0) is 24.2 Å². The molecular formula is C30H33N3O2. The second-order valence-electron chi connectivity index (χ2n) is 9.29. The van der Waals surface area contributed by atoms with E-state index >= 15 is 0 Å². The average molecular weight is 468 g/mol. The first-order valence-electron chi connectivity index (χ1n) is 12.7. The number of aryl methyl sites for hydroxylation is 2. The highest BCUT2D eigenvalue weighted by molar-refractivity contribution is 5.81. The summed E-state index contributed by atoms with van der Waals surface area (Å²) in [4.78, 5) is 19.8. The summed E-state index contributed by atoms with van der Waals surface area (Å²) in [5, 5.41) is 0. The molecule has 0 bridgehead atoms. The number of para-hydroxylation sites is 2. The maximum Gasteiger partial charge on any atom is 0.223 e. The lowest BCUT2D eigenvalue weighted by atomic mass is 10.1. The van der Waals surface area contributed by atoms with Gasteiger partial charge in [0.15, 0.2) is 0 Å². The van der Waals surface area contributed by atoms with E-state index in [-0.39, 0.29) is 11.8 Å². The zero-order valence-corrected chi connectivity index (χ0v) is 20.4. The van der Waals surface area contributed by atoms with E-state index in [4.69, 9.17) is 9.72 Å². The molecule has 5 rings (SSSR count). The maximum absolute atomic E-state index is 12.8. The van der Waals surface area contributed by atoms with E-state index in [1.165, 1.54) is 11.1 Å². The van der Waals surface area contributed by atoms with Gasteiger partial charge in [-0.05, 0) is 54.7 Å². The molecule has 4 aromatic rings. The van der Waals surface area contributed by atoms with Crippen molar-refractivity contribution in [3.05, 3.63) is 95.8 Å². The third-order valence-corrected chi connectivity index (χ3v) is 6.90. The highest BCUT2D eigenvalue weighted by Gasteiger charge is 2.33. The summed E-state index contributed by atoms with van der Waals surface area (Å²) in [6, 6.07) is 27.0. The Morgan fingerprint density at radius 1 is 0.914 bits per heavy atom. The van der Waals surface area contributed by atoms with Gasteiger partial charge >= 0.3 is 0 Å². The van der Waals surface area contributed by atoms with E-state index < -0.39 is 0 Å². The maximum atomic E-state index is 12.8. The number of rotatable bonds is 10. The lowest BCUT2D eigenvalue weighted by Gasteiger charge is -2.17. The fourth-order valence-electron chi connectivity index (χ4n) is 4.94. The molecule has 0 N–H and O–H groups in total. The summed E-state index contributed by atoms with van der Waals surface area (Å²) in [5.74, 6) is 2.28. The number of hydrogen-bond donors (Lipinski definition) is 0. The number of nitrogens with zero attached hydrogens (tertiary/aromatic N) is 3. The second-order valence-corrected chi connectivity index (χ2v) is 9.29. The number of carbonyl (C=O) groups is 1. The molecule has 0 saturated carbocycles. The summed E-state index contributed by atoms with van der Waals surface area (Å²) in [6.07, 6.45) is 3.32. The zero-order valence-electron chi connectivity index (χ0n) is 20.4. The van der Waals surface area contributed by atoms with Crippen LogP contribution in [0.4, 0.5) is 0 Å². The van der Waals surface area contributed by atoms with Crippen LogP contribution in [-0.4, -0.2) is 40.1 Å². The van der Waals surface area contributed by atoms with Gasteiger partial charge in [0.05, 0.1) is 17.6 Å². The summed E-state index contributed by atoms with van der Waals surface area (Å²) >= 11 is 0. The predicted octanol–water partition coefficient (Wildman–Crippen LogP) is 5.63.